The molecule has 0 amide bonds. The molecule has 0 nitrogen and oxygen atoms in total. The van der Waals surface area contributed by atoms with Crippen LogP contribution in [0.3, 0.4) is 0 Å². The zero-order valence-electron chi connectivity index (χ0n) is 16.3. The molecule has 3 heteroatoms. The van der Waals surface area contributed by atoms with Crippen molar-refractivity contribution in [1.82, 2.24) is 0 Å². The van der Waals surface area contributed by atoms with E-state index in [4.69, 9.17) is 0 Å². The van der Waals surface area contributed by atoms with Crippen molar-refractivity contribution in [3.05, 3.63) is 55.6 Å². The maximum atomic E-state index is 2.20. The standard InChI is InChI=1S/2C10H15.2BrH.Zr/c2*1-6-7(2)9(4)10(5)8(6)3;;;/h2*1-5H3;2*1H;/q2*-1;;;+4/p-2. The van der Waals surface area contributed by atoms with Crippen molar-refractivity contribution in [1.29, 1.82) is 0 Å². The van der Waals surface area contributed by atoms with Crippen LogP contribution in [0.5, 0.6) is 0 Å². The average molecular weight is 521 g/mol. The van der Waals surface area contributed by atoms with Gasteiger partial charge in [-0.25, -0.2) is 0 Å². The summed E-state index contributed by atoms with van der Waals surface area (Å²) in [5, 5.41) is 0. The molecule has 0 saturated heterocycles. The maximum Gasteiger partial charge on any atom is 4.00 e. The van der Waals surface area contributed by atoms with E-state index in [1.807, 2.05) is 0 Å². The molecule has 0 spiro atoms. The third-order valence-corrected chi connectivity index (χ3v) is 5.62. The average Bonchev–Trinajstić information content (AvgIpc) is 2.71. The van der Waals surface area contributed by atoms with Gasteiger partial charge in [-0.05, 0) is 0 Å². The van der Waals surface area contributed by atoms with Crippen LogP contribution in [-0.2, 0) is 26.2 Å². The van der Waals surface area contributed by atoms with Crippen molar-refractivity contribution in [3.63, 3.8) is 0 Å². The Bertz CT molecular complexity index is 414. The van der Waals surface area contributed by atoms with Gasteiger partial charge >= 0.3 is 26.2 Å². The van der Waals surface area contributed by atoms with Crippen LogP contribution >= 0.6 is 0 Å². The van der Waals surface area contributed by atoms with Crippen molar-refractivity contribution in [3.8, 4) is 0 Å². The molecule has 0 radical (unpaired) electrons. The quantitative estimate of drug-likeness (QED) is 0.425. The van der Waals surface area contributed by atoms with Crippen molar-refractivity contribution in [2.75, 3.05) is 0 Å². The number of halogens is 2. The Morgan fingerprint density at radius 1 is 0.435 bits per heavy atom. The Balaban J connectivity index is -0.000000308. The van der Waals surface area contributed by atoms with Crippen molar-refractivity contribution in [2.24, 2.45) is 0 Å². The van der Waals surface area contributed by atoms with Crippen molar-refractivity contribution < 1.29 is 60.2 Å². The van der Waals surface area contributed by atoms with Crippen LogP contribution in [0.1, 0.15) is 55.6 Å². The fourth-order valence-electron chi connectivity index (χ4n) is 2.81. The first-order chi connectivity index (χ1) is 9.11. The second kappa shape index (κ2) is 11.2. The molecule has 0 aromatic heterocycles. The third kappa shape index (κ3) is 5.79. The summed E-state index contributed by atoms with van der Waals surface area (Å²) in [6.07, 6.45) is 0. The fourth-order valence-corrected chi connectivity index (χ4v) is 2.81. The van der Waals surface area contributed by atoms with Gasteiger partial charge in [0.25, 0.3) is 0 Å². The monoisotopic (exact) mass is 518 g/mol. The predicted octanol–water partition coefficient (Wildman–Crippen LogP) is -0.0993. The van der Waals surface area contributed by atoms with Crippen LogP contribution in [0.2, 0.25) is 0 Å². The molecule has 0 aliphatic heterocycles. The largest absolute Gasteiger partial charge is 4.00 e. The molecular formula is C20H30Br2Zr. The zero-order valence-corrected chi connectivity index (χ0v) is 21.9. The summed E-state index contributed by atoms with van der Waals surface area (Å²) in [4.78, 5) is 0. The summed E-state index contributed by atoms with van der Waals surface area (Å²) < 4.78 is 0. The zero-order chi connectivity index (χ0) is 15.8. The number of rotatable bonds is 0. The predicted molar refractivity (Wildman–Crippen MR) is 91.4 cm³/mol. The van der Waals surface area contributed by atoms with Gasteiger partial charge in [0.2, 0.25) is 0 Å². The molecule has 128 valence electrons. The van der Waals surface area contributed by atoms with Gasteiger partial charge in [0, 0.05) is 0 Å². The Labute approximate surface area is 183 Å². The van der Waals surface area contributed by atoms with Crippen LogP contribution in [0.15, 0.2) is 0 Å². The topological polar surface area (TPSA) is 0 Å². The minimum Gasteiger partial charge on any atom is -1.00 e. The fraction of sp³-hybridized carbons (Fsp3) is 0.500. The van der Waals surface area contributed by atoms with E-state index >= 15 is 0 Å². The van der Waals surface area contributed by atoms with E-state index in [2.05, 4.69) is 69.2 Å². The van der Waals surface area contributed by atoms with Gasteiger partial charge in [-0.3, -0.25) is 0 Å². The van der Waals surface area contributed by atoms with E-state index in [1.165, 1.54) is 55.6 Å². The van der Waals surface area contributed by atoms with Gasteiger partial charge in [0.1, 0.15) is 0 Å². The Morgan fingerprint density at radius 2 is 0.565 bits per heavy atom. The molecule has 0 unspecified atom stereocenters. The smallest absolute Gasteiger partial charge is 1.00 e. The summed E-state index contributed by atoms with van der Waals surface area (Å²) >= 11 is 0. The van der Waals surface area contributed by atoms with E-state index < -0.39 is 0 Å². The molecular weight excluding hydrogens is 491 g/mol. The molecule has 2 aromatic carbocycles. The molecule has 0 heterocycles. The Kier molecular flexibility index (Phi) is 13.8. The molecule has 0 N–H and O–H groups in total. The molecule has 0 saturated carbocycles. The van der Waals surface area contributed by atoms with Gasteiger partial charge in [-0.15, -0.1) is 0 Å². The molecule has 23 heavy (non-hydrogen) atoms. The van der Waals surface area contributed by atoms with Crippen LogP contribution in [0.25, 0.3) is 0 Å². The molecule has 0 fully saturated rings. The van der Waals surface area contributed by atoms with Gasteiger partial charge < -0.3 is 34.0 Å². The Hall–Kier alpha value is 0.543. The van der Waals surface area contributed by atoms with E-state index in [1.54, 1.807) is 0 Å². The second-order valence-electron chi connectivity index (χ2n) is 6.25. The van der Waals surface area contributed by atoms with Gasteiger partial charge in [0.05, 0.1) is 0 Å². The van der Waals surface area contributed by atoms with Gasteiger partial charge in [-0.1, -0.05) is 69.2 Å². The third-order valence-electron chi connectivity index (χ3n) is 5.62. The van der Waals surface area contributed by atoms with Crippen molar-refractivity contribution in [2.45, 2.75) is 69.2 Å². The van der Waals surface area contributed by atoms with E-state index in [9.17, 15) is 0 Å². The first kappa shape index (κ1) is 28.4. The molecule has 2 rings (SSSR count). The number of hydrogen-bond acceptors (Lipinski definition) is 0. The molecule has 0 aliphatic rings. The van der Waals surface area contributed by atoms with Crippen LogP contribution in [0, 0.1) is 69.2 Å². The van der Waals surface area contributed by atoms with E-state index in [-0.39, 0.29) is 60.2 Å². The second-order valence-corrected chi connectivity index (χ2v) is 6.25. The summed E-state index contributed by atoms with van der Waals surface area (Å²) in [5.41, 5.74) is 14.7. The number of hydrogen-bond donors (Lipinski definition) is 0. The van der Waals surface area contributed by atoms with E-state index in [0.717, 1.165) is 0 Å². The summed E-state index contributed by atoms with van der Waals surface area (Å²) in [7, 11) is 0. The first-order valence-corrected chi connectivity index (χ1v) is 7.50. The summed E-state index contributed by atoms with van der Waals surface area (Å²) in [5.74, 6) is 0. The van der Waals surface area contributed by atoms with Gasteiger partial charge in [-0.2, -0.15) is 55.6 Å². The van der Waals surface area contributed by atoms with Crippen molar-refractivity contribution >= 4 is 0 Å². The molecule has 0 atom stereocenters. The summed E-state index contributed by atoms with van der Waals surface area (Å²) in [6, 6.07) is 0. The molecule has 0 aliphatic carbocycles. The summed E-state index contributed by atoms with van der Waals surface area (Å²) in [6.45, 7) is 22.0. The van der Waals surface area contributed by atoms with Crippen LogP contribution < -0.4 is 34.0 Å². The maximum absolute atomic E-state index is 2.20. The Morgan fingerprint density at radius 3 is 0.609 bits per heavy atom. The van der Waals surface area contributed by atoms with Gasteiger partial charge in [0.15, 0.2) is 0 Å². The SMILES string of the molecule is Cc1c(C)c(C)[c-](C)c1C.Cc1c(C)c(C)[c-](C)c1C.[Br-].[Br-].[Zr+4]. The molecule has 0 bridgehead atoms. The van der Waals surface area contributed by atoms with Crippen LogP contribution in [0.4, 0.5) is 0 Å². The van der Waals surface area contributed by atoms with E-state index in [0.29, 0.717) is 0 Å². The minimum atomic E-state index is 0. The van der Waals surface area contributed by atoms with Crippen LogP contribution in [-0.4, -0.2) is 0 Å². The minimum absolute atomic E-state index is 0. The molecule has 2 aromatic rings. The first-order valence-electron chi connectivity index (χ1n) is 7.50. The normalized spacial score (nSPS) is 9.13.